The molecule has 1 aromatic heterocycles. The van der Waals surface area contributed by atoms with E-state index >= 15 is 0 Å². The van der Waals surface area contributed by atoms with Gasteiger partial charge >= 0.3 is 6.03 Å². The molecule has 0 saturated heterocycles. The fourth-order valence-electron chi connectivity index (χ4n) is 2.21. The maximum Gasteiger partial charge on any atom is 0.318 e. The number of urea groups is 1. The maximum absolute atomic E-state index is 11.4. The van der Waals surface area contributed by atoms with Crippen molar-refractivity contribution < 1.29 is 9.59 Å². The van der Waals surface area contributed by atoms with E-state index in [1.165, 1.54) is 17.3 Å². The van der Waals surface area contributed by atoms with Crippen molar-refractivity contribution in [2.75, 3.05) is 5.75 Å². The monoisotopic (exact) mass is 332 g/mol. The highest BCUT2D eigenvalue weighted by Crippen LogP contribution is 2.27. The molecular weight excluding hydrogens is 312 g/mol. The molecule has 3 amide bonds. The number of imide groups is 1. The van der Waals surface area contributed by atoms with Gasteiger partial charge in [-0.2, -0.15) is 0 Å². The Hall–Kier alpha value is -2.28. The van der Waals surface area contributed by atoms with E-state index in [0.717, 1.165) is 10.8 Å². The fraction of sp³-hybridized carbons (Fsp3) is 0.312. The van der Waals surface area contributed by atoms with Crippen LogP contribution < -0.4 is 11.1 Å². The molecule has 0 spiro atoms. The molecule has 6 nitrogen and oxygen atoms in total. The van der Waals surface area contributed by atoms with Crippen molar-refractivity contribution in [2.24, 2.45) is 5.73 Å². The van der Waals surface area contributed by atoms with Gasteiger partial charge < -0.3 is 5.73 Å². The standard InChI is InChI=1S/C16H20N4O2S/c1-11(2)12-5-3-4-6-13(12)20-9-8-18-16(20)23-10-7-14(21)19-15(17)22/h3-6,8-9,11H,7,10H2,1-2H3,(H3,17,19,21,22). The van der Waals surface area contributed by atoms with Gasteiger partial charge in [0.25, 0.3) is 0 Å². The summed E-state index contributed by atoms with van der Waals surface area (Å²) in [5, 5.41) is 2.86. The molecule has 2 rings (SSSR count). The van der Waals surface area contributed by atoms with Gasteiger partial charge in [0.2, 0.25) is 5.91 Å². The van der Waals surface area contributed by atoms with Gasteiger partial charge in [-0.1, -0.05) is 43.8 Å². The summed E-state index contributed by atoms with van der Waals surface area (Å²) in [5.74, 6) is 0.526. The second-order valence-electron chi connectivity index (χ2n) is 5.30. The second-order valence-corrected chi connectivity index (χ2v) is 6.37. The molecule has 0 unspecified atom stereocenters. The average Bonchev–Trinajstić information content (AvgIpc) is 2.94. The number of rotatable bonds is 6. The third-order valence-electron chi connectivity index (χ3n) is 3.25. The number of para-hydroxylation sites is 1. The number of aromatic nitrogens is 2. The number of nitrogens with zero attached hydrogens (tertiary/aromatic N) is 2. The molecule has 122 valence electrons. The first kappa shape index (κ1) is 17.1. The topological polar surface area (TPSA) is 90.0 Å². The molecular formula is C16H20N4O2S. The largest absolute Gasteiger partial charge is 0.351 e. The Morgan fingerprint density at radius 1 is 1.35 bits per heavy atom. The molecule has 1 aromatic carbocycles. The van der Waals surface area contributed by atoms with Crippen LogP contribution in [0, 0.1) is 0 Å². The Morgan fingerprint density at radius 2 is 2.09 bits per heavy atom. The Morgan fingerprint density at radius 3 is 2.78 bits per heavy atom. The van der Waals surface area contributed by atoms with Crippen LogP contribution in [0.2, 0.25) is 0 Å². The van der Waals surface area contributed by atoms with E-state index in [4.69, 9.17) is 5.73 Å². The zero-order valence-corrected chi connectivity index (χ0v) is 14.0. The molecule has 7 heteroatoms. The molecule has 0 saturated carbocycles. The number of hydrogen-bond acceptors (Lipinski definition) is 4. The van der Waals surface area contributed by atoms with Crippen molar-refractivity contribution in [3.8, 4) is 5.69 Å². The summed E-state index contributed by atoms with van der Waals surface area (Å²) >= 11 is 1.46. The summed E-state index contributed by atoms with van der Waals surface area (Å²) in [6, 6.07) is 7.36. The number of carbonyl (C=O) groups excluding carboxylic acids is 2. The number of carbonyl (C=O) groups is 2. The van der Waals surface area contributed by atoms with Crippen LogP contribution in [0.4, 0.5) is 4.79 Å². The van der Waals surface area contributed by atoms with Gasteiger partial charge in [-0.15, -0.1) is 0 Å². The Bertz CT molecular complexity index is 697. The SMILES string of the molecule is CC(C)c1ccccc1-n1ccnc1SCCC(=O)NC(N)=O. The summed E-state index contributed by atoms with van der Waals surface area (Å²) in [7, 11) is 0. The summed E-state index contributed by atoms with van der Waals surface area (Å²) < 4.78 is 2.02. The predicted octanol–water partition coefficient (Wildman–Crippen LogP) is 2.67. The number of nitrogens with one attached hydrogen (secondary N) is 1. The molecule has 0 atom stereocenters. The molecule has 1 heterocycles. The number of benzene rings is 1. The van der Waals surface area contributed by atoms with Gasteiger partial charge in [-0.25, -0.2) is 9.78 Å². The molecule has 0 aliphatic carbocycles. The van der Waals surface area contributed by atoms with Gasteiger partial charge in [0.1, 0.15) is 0 Å². The Labute approximate surface area is 139 Å². The highest BCUT2D eigenvalue weighted by Gasteiger charge is 2.12. The van der Waals surface area contributed by atoms with E-state index in [2.05, 4.69) is 36.3 Å². The Kier molecular flexibility index (Phi) is 5.81. The number of primary amides is 1. The summed E-state index contributed by atoms with van der Waals surface area (Å²) in [6.07, 6.45) is 3.85. The first-order valence-electron chi connectivity index (χ1n) is 7.33. The summed E-state index contributed by atoms with van der Waals surface area (Å²) in [5.41, 5.74) is 7.23. The number of amides is 3. The van der Waals surface area contributed by atoms with Crippen molar-refractivity contribution in [1.82, 2.24) is 14.9 Å². The van der Waals surface area contributed by atoms with E-state index in [9.17, 15) is 9.59 Å². The normalized spacial score (nSPS) is 10.7. The van der Waals surface area contributed by atoms with Gasteiger partial charge in [-0.05, 0) is 17.5 Å². The lowest BCUT2D eigenvalue weighted by Crippen LogP contribution is -2.35. The van der Waals surface area contributed by atoms with Crippen LogP contribution in [-0.2, 0) is 4.79 Å². The minimum atomic E-state index is -0.827. The van der Waals surface area contributed by atoms with Crippen LogP contribution in [0.1, 0.15) is 31.7 Å². The van der Waals surface area contributed by atoms with Crippen LogP contribution >= 0.6 is 11.8 Å². The molecule has 0 bridgehead atoms. The molecule has 0 aliphatic heterocycles. The molecule has 3 N–H and O–H groups in total. The van der Waals surface area contributed by atoms with Crippen LogP contribution in [0.3, 0.4) is 0 Å². The Balaban J connectivity index is 2.09. The third kappa shape index (κ3) is 4.59. The van der Waals surface area contributed by atoms with E-state index in [1.54, 1.807) is 6.20 Å². The van der Waals surface area contributed by atoms with Crippen molar-refractivity contribution >= 4 is 23.7 Å². The number of imidazole rings is 1. The minimum absolute atomic E-state index is 0.201. The first-order chi connectivity index (χ1) is 11.0. The van der Waals surface area contributed by atoms with E-state index in [-0.39, 0.29) is 12.3 Å². The lowest BCUT2D eigenvalue weighted by molar-refractivity contribution is -0.119. The quantitative estimate of drug-likeness (QED) is 0.796. The van der Waals surface area contributed by atoms with E-state index in [1.807, 2.05) is 22.9 Å². The predicted molar refractivity (Wildman–Crippen MR) is 90.7 cm³/mol. The van der Waals surface area contributed by atoms with Crippen LogP contribution in [0.25, 0.3) is 5.69 Å². The van der Waals surface area contributed by atoms with Crippen molar-refractivity contribution in [2.45, 2.75) is 31.3 Å². The summed E-state index contributed by atoms with van der Waals surface area (Å²) in [4.78, 5) is 26.4. The average molecular weight is 332 g/mol. The highest BCUT2D eigenvalue weighted by molar-refractivity contribution is 7.99. The van der Waals surface area contributed by atoms with Crippen LogP contribution in [-0.4, -0.2) is 27.2 Å². The number of hydrogen-bond donors (Lipinski definition) is 2. The number of thioether (sulfide) groups is 1. The van der Waals surface area contributed by atoms with Gasteiger partial charge in [-0.3, -0.25) is 14.7 Å². The molecule has 23 heavy (non-hydrogen) atoms. The van der Waals surface area contributed by atoms with Gasteiger partial charge in [0.05, 0.1) is 5.69 Å². The molecule has 2 aromatic rings. The van der Waals surface area contributed by atoms with Crippen molar-refractivity contribution in [3.05, 3.63) is 42.2 Å². The lowest BCUT2D eigenvalue weighted by atomic mass is 10.0. The molecule has 0 radical (unpaired) electrons. The first-order valence-corrected chi connectivity index (χ1v) is 8.32. The van der Waals surface area contributed by atoms with Crippen molar-refractivity contribution in [1.29, 1.82) is 0 Å². The van der Waals surface area contributed by atoms with E-state index in [0.29, 0.717) is 11.7 Å². The second kappa shape index (κ2) is 7.82. The zero-order valence-electron chi connectivity index (χ0n) is 13.2. The van der Waals surface area contributed by atoms with Gasteiger partial charge in [0, 0.05) is 24.6 Å². The van der Waals surface area contributed by atoms with Crippen molar-refractivity contribution in [3.63, 3.8) is 0 Å². The fourth-order valence-corrected chi connectivity index (χ4v) is 3.11. The maximum atomic E-state index is 11.4. The zero-order chi connectivity index (χ0) is 16.8. The molecule has 0 aliphatic rings. The third-order valence-corrected chi connectivity index (χ3v) is 4.22. The van der Waals surface area contributed by atoms with Crippen LogP contribution in [0.15, 0.2) is 41.8 Å². The highest BCUT2D eigenvalue weighted by atomic mass is 32.2. The summed E-state index contributed by atoms with van der Waals surface area (Å²) in [6.45, 7) is 4.30. The van der Waals surface area contributed by atoms with Gasteiger partial charge in [0.15, 0.2) is 5.16 Å². The molecule has 0 fully saturated rings. The number of nitrogens with two attached hydrogens (primary N) is 1. The lowest BCUT2D eigenvalue weighted by Gasteiger charge is -2.15. The smallest absolute Gasteiger partial charge is 0.318 e. The minimum Gasteiger partial charge on any atom is -0.351 e. The van der Waals surface area contributed by atoms with Crippen LogP contribution in [0.5, 0.6) is 0 Å². The van der Waals surface area contributed by atoms with E-state index < -0.39 is 6.03 Å².